The molecule has 0 N–H and O–H groups in total. The zero-order valence-corrected chi connectivity index (χ0v) is 46.7. The van der Waals surface area contributed by atoms with E-state index in [4.69, 9.17) is 53.9 Å². The Bertz CT molecular complexity index is 3060. The summed E-state index contributed by atoms with van der Waals surface area (Å²) >= 11 is 0. The van der Waals surface area contributed by atoms with Crippen LogP contribution in [0.3, 0.4) is 0 Å². The minimum Gasteiger partial charge on any atom is -0.494 e. The van der Waals surface area contributed by atoms with Gasteiger partial charge in [-0.15, -0.1) is 0 Å². The van der Waals surface area contributed by atoms with Crippen molar-refractivity contribution in [3.63, 3.8) is 0 Å². The van der Waals surface area contributed by atoms with E-state index >= 15 is 0 Å². The highest BCUT2D eigenvalue weighted by Crippen LogP contribution is 2.29. The number of hydrogen-bond donors (Lipinski definition) is 0. The number of esters is 4. The van der Waals surface area contributed by atoms with Crippen LogP contribution < -0.4 is 33.2 Å². The number of rotatable bonds is 35. The molecule has 17 heteroatoms. The Hall–Kier alpha value is -9.95. The summed E-state index contributed by atoms with van der Waals surface area (Å²) in [5.74, 6) is 2.48. The van der Waals surface area contributed by atoms with Gasteiger partial charge in [-0.25, -0.2) is 24.0 Å². The predicted octanol–water partition coefficient (Wildman–Crippen LogP) is 13.5. The lowest BCUT2D eigenvalue weighted by molar-refractivity contribution is -0.139. The van der Waals surface area contributed by atoms with Crippen LogP contribution in [0.15, 0.2) is 188 Å². The molecule has 0 saturated heterocycles. The van der Waals surface area contributed by atoms with Crippen molar-refractivity contribution in [2.24, 2.45) is 10.2 Å². The molecule has 0 aliphatic heterocycles. The number of carbonyl (C=O) groups excluding carboxylic acids is 4. The summed E-state index contributed by atoms with van der Waals surface area (Å²) in [5.41, 5.74) is 4.64. The monoisotopic (exact) mass is 1130 g/mol. The third kappa shape index (κ3) is 25.4. The summed E-state index contributed by atoms with van der Waals surface area (Å²) < 4.78 is 54.8. The van der Waals surface area contributed by atoms with Crippen LogP contribution in [-0.2, 0) is 28.6 Å². The number of benzene rings is 6. The first-order valence-corrected chi connectivity index (χ1v) is 27.0. The van der Waals surface area contributed by atoms with E-state index in [0.717, 1.165) is 91.5 Å². The first-order valence-electron chi connectivity index (χ1n) is 27.0. The van der Waals surface area contributed by atoms with Gasteiger partial charge in [0.15, 0.2) is 17.2 Å². The van der Waals surface area contributed by atoms with E-state index in [1.807, 2.05) is 79.7 Å². The van der Waals surface area contributed by atoms with Gasteiger partial charge in [-0.1, -0.05) is 56.1 Å². The van der Waals surface area contributed by atoms with Crippen molar-refractivity contribution in [1.29, 1.82) is 0 Å². The predicted molar refractivity (Wildman–Crippen MR) is 318 cm³/mol. The molecule has 17 nitrogen and oxygen atoms in total. The van der Waals surface area contributed by atoms with Gasteiger partial charge < -0.3 is 47.4 Å². The first-order chi connectivity index (χ1) is 40.6. The normalized spacial score (nSPS) is 10.5. The molecule has 0 fully saturated rings. The molecule has 0 aliphatic carbocycles. The second kappa shape index (κ2) is 37.8. The van der Waals surface area contributed by atoms with Crippen LogP contribution in [0, 0.1) is 6.57 Å². The fourth-order valence-electron chi connectivity index (χ4n) is 7.25. The average molecular weight is 1130 g/mol. The molecular formula is C66H69N3O14. The topological polar surface area (TPSA) is 190 Å². The summed E-state index contributed by atoms with van der Waals surface area (Å²) in [5, 5.41) is 8.32. The van der Waals surface area contributed by atoms with Gasteiger partial charge in [0, 0.05) is 18.2 Å². The molecule has 6 aromatic rings. The van der Waals surface area contributed by atoms with Gasteiger partial charge in [0.25, 0.3) is 0 Å². The van der Waals surface area contributed by atoms with Crippen LogP contribution >= 0.6 is 0 Å². The highest BCUT2D eigenvalue weighted by Gasteiger charge is 2.11. The number of nitrogens with zero attached hydrogens (tertiary/aromatic N) is 3. The molecule has 0 bridgehead atoms. The number of ether oxygens (including phenoxy) is 10. The van der Waals surface area contributed by atoms with Crippen molar-refractivity contribution in [2.45, 2.75) is 58.3 Å². The van der Waals surface area contributed by atoms with Crippen LogP contribution in [0.2, 0.25) is 0 Å². The van der Waals surface area contributed by atoms with Gasteiger partial charge in [0.2, 0.25) is 6.79 Å². The van der Waals surface area contributed by atoms with Crippen molar-refractivity contribution in [3.8, 4) is 51.4 Å². The maximum atomic E-state index is 12.7. The Balaban J connectivity index is 0.000000476. The van der Waals surface area contributed by atoms with Gasteiger partial charge in [0.1, 0.15) is 42.0 Å². The van der Waals surface area contributed by atoms with Gasteiger partial charge in [-0.05, 0) is 184 Å². The molecule has 6 aromatic carbocycles. The van der Waals surface area contributed by atoms with Crippen molar-refractivity contribution < 1.29 is 66.5 Å². The SMILES string of the molecule is C=CC(=O)OCCCCCCOc1ccc(OCOc2ccc(/C=N/N=C/c3ccc(OC(=O)c4ccc(OCCCCCCOC(=O)C=C)cc4)cc3)cc2OCC)cc1.[C-]#[N+]c1ccc(-c2ccc(OCCOC(=O)C=C)cc2)cc1. The smallest absolute Gasteiger partial charge is 0.343 e. The highest BCUT2D eigenvalue weighted by molar-refractivity contribution is 5.91. The van der Waals surface area contributed by atoms with E-state index in [9.17, 15) is 19.2 Å². The molecule has 0 amide bonds. The van der Waals surface area contributed by atoms with Gasteiger partial charge in [-0.2, -0.15) is 10.2 Å². The van der Waals surface area contributed by atoms with Crippen molar-refractivity contribution in [3.05, 3.63) is 206 Å². The highest BCUT2D eigenvalue weighted by atomic mass is 16.7. The molecule has 432 valence electrons. The van der Waals surface area contributed by atoms with Crippen LogP contribution in [0.4, 0.5) is 5.69 Å². The summed E-state index contributed by atoms with van der Waals surface area (Å²) in [6.45, 7) is 21.7. The van der Waals surface area contributed by atoms with E-state index in [0.29, 0.717) is 85.4 Å². The zero-order valence-electron chi connectivity index (χ0n) is 46.7. The molecule has 83 heavy (non-hydrogen) atoms. The fraction of sp³-hybridized carbons (Fsp3) is 0.258. The lowest BCUT2D eigenvalue weighted by Gasteiger charge is -2.13. The fourth-order valence-corrected chi connectivity index (χ4v) is 7.25. The minimum atomic E-state index is -0.482. The third-order valence-electron chi connectivity index (χ3n) is 11.6. The molecule has 0 heterocycles. The molecule has 0 unspecified atom stereocenters. The van der Waals surface area contributed by atoms with E-state index in [-0.39, 0.29) is 13.4 Å². The van der Waals surface area contributed by atoms with Crippen LogP contribution in [0.5, 0.6) is 40.2 Å². The zero-order chi connectivity index (χ0) is 59.1. The molecule has 6 rings (SSSR count). The average Bonchev–Trinajstić information content (AvgIpc) is 3.59. The molecule has 0 atom stereocenters. The van der Waals surface area contributed by atoms with Crippen molar-refractivity contribution in [2.75, 3.05) is 53.0 Å². The molecule has 0 spiro atoms. The lowest BCUT2D eigenvalue weighted by atomic mass is 10.1. The Kier molecular flexibility index (Phi) is 29.1. The summed E-state index contributed by atoms with van der Waals surface area (Å²) in [6.07, 6.45) is 13.8. The maximum Gasteiger partial charge on any atom is 0.343 e. The summed E-state index contributed by atoms with van der Waals surface area (Å²) in [7, 11) is 0. The Morgan fingerprint density at radius 2 is 0.880 bits per heavy atom. The van der Waals surface area contributed by atoms with E-state index in [2.05, 4.69) is 34.8 Å². The largest absolute Gasteiger partial charge is 0.494 e. The lowest BCUT2D eigenvalue weighted by Crippen LogP contribution is -2.10. The van der Waals surface area contributed by atoms with Crippen molar-refractivity contribution >= 4 is 42.0 Å². The number of hydrogen-bond acceptors (Lipinski definition) is 16. The van der Waals surface area contributed by atoms with E-state index in [1.54, 1.807) is 79.2 Å². The second-order valence-corrected chi connectivity index (χ2v) is 17.7. The summed E-state index contributed by atoms with van der Waals surface area (Å²) in [6, 6.07) is 41.5. The standard InChI is InChI=1S/C48H54N2O11.C18H15NO3/c1-4-46(51)57-31-13-9-7-11-29-55-40-22-18-39(19-23-40)48(53)61-43-20-15-37(16-21-43)34-49-50-35-38-17-28-44(45(33-38)54-6-3)60-36-59-42-26-24-41(25-27-42)56-30-12-8-10-14-32-58-47(52)5-2;1-3-18(20)22-13-12-21-17-10-6-15(7-11-17)14-4-8-16(19-2)9-5-14/h4-5,15-28,33-35H,1-2,6-14,29-32,36H2,3H3;3-11H,1,12-13H2/b49-34+,50-35+;. The van der Waals surface area contributed by atoms with Gasteiger partial charge in [-0.3, -0.25) is 0 Å². The first kappa shape index (κ1) is 63.9. The van der Waals surface area contributed by atoms with Gasteiger partial charge in [0.05, 0.1) is 57.6 Å². The van der Waals surface area contributed by atoms with Crippen LogP contribution in [-0.4, -0.2) is 89.3 Å². The Labute approximate surface area is 485 Å². The van der Waals surface area contributed by atoms with Crippen LogP contribution in [0.1, 0.15) is 79.8 Å². The minimum absolute atomic E-state index is 0.0242. The van der Waals surface area contributed by atoms with E-state index in [1.165, 1.54) is 6.08 Å². The third-order valence-corrected chi connectivity index (χ3v) is 11.6. The summed E-state index contributed by atoms with van der Waals surface area (Å²) in [4.78, 5) is 49.0. The molecular weight excluding hydrogens is 1060 g/mol. The quantitative estimate of drug-likeness (QED) is 0.00420. The molecule has 0 aromatic heterocycles. The van der Waals surface area contributed by atoms with Crippen molar-refractivity contribution in [1.82, 2.24) is 0 Å². The molecule has 0 radical (unpaired) electrons. The molecule has 0 saturated carbocycles. The molecule has 0 aliphatic rings. The van der Waals surface area contributed by atoms with E-state index < -0.39 is 23.9 Å². The van der Waals surface area contributed by atoms with Crippen LogP contribution in [0.25, 0.3) is 16.0 Å². The van der Waals surface area contributed by atoms with Gasteiger partial charge >= 0.3 is 23.9 Å². The Morgan fingerprint density at radius 1 is 0.446 bits per heavy atom. The maximum absolute atomic E-state index is 12.7. The second-order valence-electron chi connectivity index (χ2n) is 17.7. The Morgan fingerprint density at radius 3 is 1.40 bits per heavy atom. The number of carbonyl (C=O) groups is 4. The number of unbranched alkanes of at least 4 members (excludes halogenated alkanes) is 6.